The van der Waals surface area contributed by atoms with Crippen LogP contribution in [0, 0.1) is 0 Å². The molecule has 9 aromatic rings. The van der Waals surface area contributed by atoms with E-state index in [-0.39, 0.29) is 5.56 Å². The highest BCUT2D eigenvalue weighted by molar-refractivity contribution is 6.23. The van der Waals surface area contributed by atoms with Gasteiger partial charge in [-0.1, -0.05) is 121 Å². The van der Waals surface area contributed by atoms with E-state index < -0.39 is 28.7 Å². The highest BCUT2D eigenvalue weighted by atomic mass is 16.4. The summed E-state index contributed by atoms with van der Waals surface area (Å²) in [6.07, 6.45) is 0. The fourth-order valence-electron chi connectivity index (χ4n) is 7.38. The second-order valence-electron chi connectivity index (χ2n) is 12.4. The fraction of sp³-hybridized carbons (Fsp3) is 0. The molecule has 0 spiro atoms. The predicted octanol–water partition coefficient (Wildman–Crippen LogP) is 11.1. The summed E-state index contributed by atoms with van der Waals surface area (Å²) < 4.78 is 6.68. The van der Waals surface area contributed by atoms with Crippen LogP contribution < -0.4 is 0 Å². The first-order valence-electron chi connectivity index (χ1n) is 16.2. The van der Waals surface area contributed by atoms with Crippen LogP contribution in [0.25, 0.3) is 88.0 Å². The summed E-state index contributed by atoms with van der Waals surface area (Å²) in [6, 6.07) is 46.2. The lowest BCUT2D eigenvalue weighted by molar-refractivity contribution is 0.330. The molecule has 0 saturated carbocycles. The van der Waals surface area contributed by atoms with Crippen LogP contribution in [0.1, 0.15) is 0 Å². The van der Waals surface area contributed by atoms with Gasteiger partial charge in [-0.15, -0.1) is 0 Å². The molecule has 0 saturated heterocycles. The van der Waals surface area contributed by atoms with Crippen molar-refractivity contribution in [2.24, 2.45) is 0 Å². The average Bonchev–Trinajstić information content (AvgIpc) is 3.54. The Morgan fingerprint density at radius 2 is 0.820 bits per heavy atom. The average molecular weight is 653 g/mol. The van der Waals surface area contributed by atoms with Crippen molar-refractivity contribution in [2.75, 3.05) is 0 Å². The number of fused-ring (bicyclic) bond motifs is 5. The fourth-order valence-corrected chi connectivity index (χ4v) is 7.38. The number of furan rings is 1. The number of rotatable bonds is 4. The molecule has 0 aliphatic carbocycles. The molecule has 0 bridgehead atoms. The lowest BCUT2D eigenvalue weighted by Crippen LogP contribution is -1.92. The smallest absolute Gasteiger partial charge is 0.208 e. The minimum Gasteiger partial charge on any atom is -0.504 e. The molecule has 0 radical (unpaired) electrons. The summed E-state index contributed by atoms with van der Waals surface area (Å²) >= 11 is 0. The molecule has 240 valence electrons. The zero-order chi connectivity index (χ0) is 34.1. The van der Waals surface area contributed by atoms with Gasteiger partial charge in [0.05, 0.1) is 5.56 Å². The van der Waals surface area contributed by atoms with Gasteiger partial charge in [-0.2, -0.15) is 0 Å². The van der Waals surface area contributed by atoms with Crippen LogP contribution in [0.3, 0.4) is 0 Å². The van der Waals surface area contributed by atoms with E-state index in [4.69, 9.17) is 4.42 Å². The summed E-state index contributed by atoms with van der Waals surface area (Å²) in [5, 5.41) is 58.1. The van der Waals surface area contributed by atoms with Crippen LogP contribution in [0.2, 0.25) is 0 Å². The molecule has 1 aromatic heterocycles. The van der Waals surface area contributed by atoms with E-state index in [2.05, 4.69) is 42.5 Å². The van der Waals surface area contributed by atoms with E-state index in [0.29, 0.717) is 16.3 Å². The van der Waals surface area contributed by atoms with Gasteiger partial charge in [0.1, 0.15) is 11.2 Å². The molecule has 6 heteroatoms. The van der Waals surface area contributed by atoms with E-state index in [1.165, 1.54) is 0 Å². The topological polar surface area (TPSA) is 114 Å². The van der Waals surface area contributed by atoms with Crippen LogP contribution in [-0.4, -0.2) is 25.5 Å². The van der Waals surface area contributed by atoms with Crippen LogP contribution in [-0.2, 0) is 0 Å². The van der Waals surface area contributed by atoms with Gasteiger partial charge >= 0.3 is 0 Å². The Balaban J connectivity index is 1.34. The SMILES string of the molecule is Oc1c(O)c(O)c(-c2c3ccccc3c(-c3ccc4oc5c(-c6ccccc6)c(-c6ccccc6)ccc5c4c3)c3ccccc23)c(O)c1O. The van der Waals surface area contributed by atoms with Crippen molar-refractivity contribution in [1.29, 1.82) is 0 Å². The molecule has 0 aliphatic rings. The first kappa shape index (κ1) is 29.2. The van der Waals surface area contributed by atoms with Crippen LogP contribution in [0.5, 0.6) is 28.7 Å². The Bertz CT molecular complexity index is 2710. The van der Waals surface area contributed by atoms with Crippen molar-refractivity contribution in [3.05, 3.63) is 140 Å². The molecule has 0 amide bonds. The Morgan fingerprint density at radius 3 is 1.40 bits per heavy atom. The molecular formula is C44H28O6. The molecule has 9 rings (SSSR count). The Hall–Kier alpha value is -6.92. The van der Waals surface area contributed by atoms with Gasteiger partial charge < -0.3 is 29.9 Å². The Labute approximate surface area is 285 Å². The van der Waals surface area contributed by atoms with Crippen LogP contribution in [0.15, 0.2) is 144 Å². The first-order chi connectivity index (χ1) is 24.4. The number of benzene rings is 8. The van der Waals surface area contributed by atoms with Crippen LogP contribution >= 0.6 is 0 Å². The molecule has 6 nitrogen and oxygen atoms in total. The number of hydrogen-bond donors (Lipinski definition) is 5. The van der Waals surface area contributed by atoms with Crippen molar-refractivity contribution in [3.63, 3.8) is 0 Å². The zero-order valence-corrected chi connectivity index (χ0v) is 26.4. The third-order valence-corrected chi connectivity index (χ3v) is 9.63. The summed E-state index contributed by atoms with van der Waals surface area (Å²) in [6.45, 7) is 0. The summed E-state index contributed by atoms with van der Waals surface area (Å²) in [5.74, 6) is -4.32. The van der Waals surface area contributed by atoms with Crippen molar-refractivity contribution in [3.8, 4) is 73.3 Å². The van der Waals surface area contributed by atoms with Gasteiger partial charge in [0, 0.05) is 21.9 Å². The van der Waals surface area contributed by atoms with Crippen LogP contribution in [0.4, 0.5) is 0 Å². The number of aromatic hydroxyl groups is 5. The lowest BCUT2D eigenvalue weighted by Gasteiger charge is -2.20. The summed E-state index contributed by atoms with van der Waals surface area (Å²) in [7, 11) is 0. The number of phenolic OH excluding ortho intramolecular Hbond substituents is 5. The van der Waals surface area contributed by atoms with E-state index in [9.17, 15) is 25.5 Å². The van der Waals surface area contributed by atoms with Gasteiger partial charge in [-0.25, -0.2) is 0 Å². The second-order valence-corrected chi connectivity index (χ2v) is 12.4. The molecule has 1 heterocycles. The van der Waals surface area contributed by atoms with Crippen molar-refractivity contribution in [1.82, 2.24) is 0 Å². The Morgan fingerprint density at radius 1 is 0.320 bits per heavy atom. The molecule has 0 unspecified atom stereocenters. The molecule has 8 aromatic carbocycles. The van der Waals surface area contributed by atoms with Gasteiger partial charge in [0.25, 0.3) is 0 Å². The standard InChI is InChI=1S/C44H28O6/c45-39-38(40(46)42(48)43(49)41(39)47)37-30-17-9-7-15-28(30)35(29-16-8-10-18-31(29)37)26-19-22-34-33(23-26)32-21-20-27(24-11-3-1-4-12-24)36(44(32)50-34)25-13-5-2-6-14-25/h1-23,45-49H. The quantitative estimate of drug-likeness (QED) is 0.0734. The number of hydrogen-bond acceptors (Lipinski definition) is 6. The predicted molar refractivity (Wildman–Crippen MR) is 199 cm³/mol. The normalized spacial score (nSPS) is 11.6. The highest BCUT2D eigenvalue weighted by Crippen LogP contribution is 2.58. The van der Waals surface area contributed by atoms with Crippen molar-refractivity contribution in [2.45, 2.75) is 0 Å². The van der Waals surface area contributed by atoms with Crippen molar-refractivity contribution >= 4 is 43.5 Å². The number of phenols is 5. The monoisotopic (exact) mass is 652 g/mol. The minimum atomic E-state index is -0.999. The van der Waals surface area contributed by atoms with E-state index in [1.807, 2.05) is 97.1 Å². The zero-order valence-electron chi connectivity index (χ0n) is 26.4. The summed E-state index contributed by atoms with van der Waals surface area (Å²) in [5.41, 5.74) is 7.87. The maximum absolute atomic E-state index is 11.0. The van der Waals surface area contributed by atoms with Gasteiger partial charge in [0.15, 0.2) is 11.5 Å². The Kier molecular flexibility index (Phi) is 6.48. The van der Waals surface area contributed by atoms with Gasteiger partial charge in [-0.05, 0) is 67.6 Å². The molecule has 50 heavy (non-hydrogen) atoms. The highest BCUT2D eigenvalue weighted by Gasteiger charge is 2.28. The molecule has 0 fully saturated rings. The largest absolute Gasteiger partial charge is 0.504 e. The molecule has 0 atom stereocenters. The summed E-state index contributed by atoms with van der Waals surface area (Å²) in [4.78, 5) is 0. The molecule has 0 aliphatic heterocycles. The molecular weight excluding hydrogens is 624 g/mol. The molecule has 5 N–H and O–H groups in total. The maximum atomic E-state index is 11.0. The lowest BCUT2D eigenvalue weighted by atomic mass is 9.85. The maximum Gasteiger partial charge on any atom is 0.208 e. The third kappa shape index (κ3) is 4.22. The van der Waals surface area contributed by atoms with E-state index in [1.54, 1.807) is 0 Å². The second kappa shape index (κ2) is 11.1. The van der Waals surface area contributed by atoms with E-state index in [0.717, 1.165) is 66.1 Å². The first-order valence-corrected chi connectivity index (χ1v) is 16.2. The van der Waals surface area contributed by atoms with Crippen molar-refractivity contribution < 1.29 is 29.9 Å². The van der Waals surface area contributed by atoms with Gasteiger partial charge in [-0.3, -0.25) is 0 Å². The van der Waals surface area contributed by atoms with E-state index >= 15 is 0 Å². The minimum absolute atomic E-state index is 0.185. The third-order valence-electron chi connectivity index (χ3n) is 9.63. The van der Waals surface area contributed by atoms with Gasteiger partial charge in [0.2, 0.25) is 17.2 Å².